The second-order valence-electron chi connectivity index (χ2n) is 7.42. The van der Waals surface area contributed by atoms with Crippen molar-refractivity contribution in [2.75, 3.05) is 39.6 Å². The van der Waals surface area contributed by atoms with Crippen molar-refractivity contribution in [3.63, 3.8) is 0 Å². The monoisotopic (exact) mass is 504 g/mol. The zero-order valence-electron chi connectivity index (χ0n) is 20.7. The maximum Gasteiger partial charge on any atom is 0.330 e. The summed E-state index contributed by atoms with van der Waals surface area (Å²) in [7, 11) is 0. The van der Waals surface area contributed by atoms with Gasteiger partial charge in [-0.15, -0.1) is 0 Å². The van der Waals surface area contributed by atoms with E-state index in [1.54, 1.807) is 18.2 Å². The normalized spacial score (nSPS) is 10.0. The smallest absolute Gasteiger partial charge is 0.330 e. The molecule has 1 rings (SSSR count). The molecule has 9 heteroatoms. The lowest BCUT2D eigenvalue weighted by atomic mass is 10.3. The summed E-state index contributed by atoms with van der Waals surface area (Å²) >= 11 is 0. The number of benzene rings is 1. The third-order valence-corrected chi connectivity index (χ3v) is 4.51. The third-order valence-electron chi connectivity index (χ3n) is 4.51. The van der Waals surface area contributed by atoms with E-state index in [4.69, 9.17) is 28.4 Å². The molecule has 198 valence electrons. The van der Waals surface area contributed by atoms with Gasteiger partial charge in [0.05, 0.1) is 39.6 Å². The van der Waals surface area contributed by atoms with Crippen molar-refractivity contribution in [3.8, 4) is 17.2 Å². The second kappa shape index (κ2) is 19.5. The van der Waals surface area contributed by atoms with Crippen LogP contribution in [0, 0.1) is 0 Å². The summed E-state index contributed by atoms with van der Waals surface area (Å²) in [5.74, 6) is 0.433. The zero-order chi connectivity index (χ0) is 26.4. The van der Waals surface area contributed by atoms with Crippen LogP contribution in [0.3, 0.4) is 0 Å². The molecule has 0 heterocycles. The Bertz CT molecular complexity index is 726. The van der Waals surface area contributed by atoms with E-state index in [-0.39, 0.29) is 0 Å². The van der Waals surface area contributed by atoms with Gasteiger partial charge in [-0.2, -0.15) is 0 Å². The van der Waals surface area contributed by atoms with Gasteiger partial charge in [-0.3, -0.25) is 0 Å². The molecule has 9 nitrogen and oxygen atoms in total. The van der Waals surface area contributed by atoms with Gasteiger partial charge >= 0.3 is 17.9 Å². The molecule has 0 aliphatic rings. The predicted molar refractivity (Wildman–Crippen MR) is 134 cm³/mol. The number of esters is 3. The molecule has 0 N–H and O–H groups in total. The number of hydrogen-bond donors (Lipinski definition) is 0. The molecule has 36 heavy (non-hydrogen) atoms. The maximum absolute atomic E-state index is 11.1. The van der Waals surface area contributed by atoms with Crippen LogP contribution < -0.4 is 14.2 Å². The number of carbonyl (C=O) groups excluding carboxylic acids is 3. The molecule has 0 bridgehead atoms. The van der Waals surface area contributed by atoms with Crippen LogP contribution in [0.25, 0.3) is 0 Å². The van der Waals surface area contributed by atoms with Crippen molar-refractivity contribution in [2.24, 2.45) is 0 Å². The summed E-state index contributed by atoms with van der Waals surface area (Å²) in [4.78, 5) is 33.2. The molecular weight excluding hydrogens is 468 g/mol. The fourth-order valence-electron chi connectivity index (χ4n) is 2.67. The highest BCUT2D eigenvalue weighted by atomic mass is 16.5. The Kier molecular flexibility index (Phi) is 16.4. The highest BCUT2D eigenvalue weighted by Gasteiger charge is 2.06. The summed E-state index contributed by atoms with van der Waals surface area (Å²) in [6, 6.07) is 5.32. The highest BCUT2D eigenvalue weighted by Crippen LogP contribution is 2.28. The Balaban J connectivity index is 2.52. The first kappa shape index (κ1) is 30.3. The van der Waals surface area contributed by atoms with E-state index < -0.39 is 17.9 Å². The summed E-state index contributed by atoms with van der Waals surface area (Å²) in [5.41, 5.74) is 0. The minimum absolute atomic E-state index is 0.302. The summed E-state index contributed by atoms with van der Waals surface area (Å²) in [5, 5.41) is 0. The average molecular weight is 505 g/mol. The summed E-state index contributed by atoms with van der Waals surface area (Å²) in [6.07, 6.45) is 7.45. The first-order valence-electron chi connectivity index (χ1n) is 11.9. The van der Waals surface area contributed by atoms with Crippen molar-refractivity contribution in [1.29, 1.82) is 0 Å². The molecule has 0 radical (unpaired) electrons. The van der Waals surface area contributed by atoms with E-state index in [0.29, 0.717) is 95.4 Å². The SMILES string of the molecule is C=CC(=O)OCCCCOc1cc(OCCCCOC(=O)C=C)cc(OCCCCOC(=O)C=C)c1. The van der Waals surface area contributed by atoms with Crippen molar-refractivity contribution < 1.29 is 42.8 Å². The fraction of sp³-hybridized carbons (Fsp3) is 0.444. The predicted octanol–water partition coefficient (Wildman–Crippen LogP) is 4.35. The van der Waals surface area contributed by atoms with Crippen LogP contribution in [-0.4, -0.2) is 57.5 Å². The van der Waals surface area contributed by atoms with Gasteiger partial charge in [0.1, 0.15) is 17.2 Å². The number of carbonyl (C=O) groups is 3. The number of rotatable bonds is 21. The maximum atomic E-state index is 11.1. The molecule has 0 aliphatic heterocycles. The molecule has 0 fully saturated rings. The van der Waals surface area contributed by atoms with E-state index in [2.05, 4.69) is 19.7 Å². The minimum atomic E-state index is -0.444. The van der Waals surface area contributed by atoms with Crippen LogP contribution >= 0.6 is 0 Å². The van der Waals surface area contributed by atoms with Crippen LogP contribution in [0.1, 0.15) is 38.5 Å². The molecule has 0 atom stereocenters. The molecule has 0 spiro atoms. The van der Waals surface area contributed by atoms with E-state index in [0.717, 1.165) is 18.2 Å². The van der Waals surface area contributed by atoms with Crippen molar-refractivity contribution in [2.45, 2.75) is 38.5 Å². The number of ether oxygens (including phenoxy) is 6. The van der Waals surface area contributed by atoms with Gasteiger partial charge in [0.2, 0.25) is 0 Å². The van der Waals surface area contributed by atoms with Crippen molar-refractivity contribution in [1.82, 2.24) is 0 Å². The quantitative estimate of drug-likeness (QED) is 0.104. The van der Waals surface area contributed by atoms with Gasteiger partial charge in [-0.05, 0) is 38.5 Å². The molecular formula is C27H36O9. The highest BCUT2D eigenvalue weighted by molar-refractivity contribution is 5.81. The number of hydrogen-bond acceptors (Lipinski definition) is 9. The molecule has 0 aliphatic carbocycles. The molecule has 0 saturated carbocycles. The van der Waals surface area contributed by atoms with Crippen LogP contribution in [-0.2, 0) is 28.6 Å². The lowest BCUT2D eigenvalue weighted by Crippen LogP contribution is -2.06. The Morgan fingerprint density at radius 1 is 0.500 bits per heavy atom. The topological polar surface area (TPSA) is 107 Å². The van der Waals surface area contributed by atoms with Crippen LogP contribution in [0.4, 0.5) is 0 Å². The largest absolute Gasteiger partial charge is 0.493 e. The Morgan fingerprint density at radius 3 is 1.00 bits per heavy atom. The fourth-order valence-corrected chi connectivity index (χ4v) is 2.67. The molecule has 0 aromatic heterocycles. The summed E-state index contributed by atoms with van der Waals surface area (Å²) < 4.78 is 32.3. The van der Waals surface area contributed by atoms with Gasteiger partial charge in [0.15, 0.2) is 0 Å². The summed E-state index contributed by atoms with van der Waals surface area (Å²) in [6.45, 7) is 12.3. The average Bonchev–Trinajstić information content (AvgIpc) is 2.89. The zero-order valence-corrected chi connectivity index (χ0v) is 20.7. The molecule has 1 aromatic carbocycles. The van der Waals surface area contributed by atoms with Crippen molar-refractivity contribution in [3.05, 3.63) is 56.2 Å². The van der Waals surface area contributed by atoms with Gasteiger partial charge in [0.25, 0.3) is 0 Å². The van der Waals surface area contributed by atoms with Gasteiger partial charge in [0, 0.05) is 36.4 Å². The van der Waals surface area contributed by atoms with Crippen LogP contribution in [0.5, 0.6) is 17.2 Å². The molecule has 0 amide bonds. The van der Waals surface area contributed by atoms with Gasteiger partial charge < -0.3 is 28.4 Å². The van der Waals surface area contributed by atoms with E-state index >= 15 is 0 Å². The molecule has 0 unspecified atom stereocenters. The van der Waals surface area contributed by atoms with Crippen LogP contribution in [0.15, 0.2) is 56.2 Å². The minimum Gasteiger partial charge on any atom is -0.493 e. The third kappa shape index (κ3) is 15.2. The lowest BCUT2D eigenvalue weighted by Gasteiger charge is -2.13. The molecule has 0 saturated heterocycles. The first-order valence-corrected chi connectivity index (χ1v) is 11.9. The van der Waals surface area contributed by atoms with Crippen LogP contribution in [0.2, 0.25) is 0 Å². The Hall–Kier alpha value is -3.75. The molecule has 1 aromatic rings. The first-order chi connectivity index (χ1) is 17.5. The Morgan fingerprint density at radius 2 is 0.750 bits per heavy atom. The van der Waals surface area contributed by atoms with E-state index in [9.17, 15) is 14.4 Å². The second-order valence-corrected chi connectivity index (χ2v) is 7.42. The van der Waals surface area contributed by atoms with Gasteiger partial charge in [-0.1, -0.05) is 19.7 Å². The lowest BCUT2D eigenvalue weighted by molar-refractivity contribution is -0.138. The number of unbranched alkanes of at least 4 members (excludes halogenated alkanes) is 3. The van der Waals surface area contributed by atoms with E-state index in [1.807, 2.05) is 0 Å². The Labute approximate surface area is 212 Å². The van der Waals surface area contributed by atoms with Gasteiger partial charge in [-0.25, -0.2) is 14.4 Å². The standard InChI is InChI=1S/C27H36O9/c1-4-25(28)34-16-10-7-13-31-22-19-23(32-14-8-11-17-35-26(29)5-2)21-24(20-22)33-15-9-12-18-36-27(30)6-3/h4-6,19-21H,1-3,7-18H2. The van der Waals surface area contributed by atoms with E-state index in [1.165, 1.54) is 0 Å². The van der Waals surface area contributed by atoms with Crippen molar-refractivity contribution >= 4 is 17.9 Å².